The number of nitrogens with zero attached hydrogens (tertiary/aromatic N) is 1. The minimum absolute atomic E-state index is 0. The van der Waals surface area contributed by atoms with Gasteiger partial charge in [-0.05, 0) is 30.7 Å². The summed E-state index contributed by atoms with van der Waals surface area (Å²) in [4.78, 5) is 4.28. The number of benzene rings is 1. The molecule has 1 aromatic rings. The molecule has 2 rings (SSSR count). The van der Waals surface area contributed by atoms with Crippen molar-refractivity contribution < 1.29 is 0 Å². The van der Waals surface area contributed by atoms with E-state index in [-0.39, 0.29) is 29.4 Å². The van der Waals surface area contributed by atoms with Crippen molar-refractivity contribution in [3.05, 3.63) is 34.3 Å². The molecule has 0 aliphatic heterocycles. The quantitative estimate of drug-likeness (QED) is 0.281. The molecular formula is C15H23BrIN3S. The summed E-state index contributed by atoms with van der Waals surface area (Å²) in [7, 11) is 1.83. The van der Waals surface area contributed by atoms with Crippen LogP contribution in [0, 0.1) is 0 Å². The fourth-order valence-electron chi connectivity index (χ4n) is 2.33. The first-order valence-electron chi connectivity index (χ1n) is 6.90. The zero-order valence-corrected chi connectivity index (χ0v) is 17.2. The van der Waals surface area contributed by atoms with Crippen molar-refractivity contribution in [3.63, 3.8) is 0 Å². The standard InChI is InChI=1S/C15H22BrN3S.HI/c1-17-14(18-9-10-20-2)19-11-15(7-8-15)12-5-3-4-6-13(12)16;/h3-6H,7-11H2,1-2H3,(H2,17,18,19);1H. The zero-order valence-electron chi connectivity index (χ0n) is 12.5. The largest absolute Gasteiger partial charge is 0.356 e. The Morgan fingerprint density at radius 3 is 2.62 bits per heavy atom. The molecule has 0 heterocycles. The van der Waals surface area contributed by atoms with E-state index in [1.807, 2.05) is 18.8 Å². The number of hydrogen-bond acceptors (Lipinski definition) is 2. The Bertz CT molecular complexity index is 478. The van der Waals surface area contributed by atoms with Gasteiger partial charge in [0.15, 0.2) is 5.96 Å². The van der Waals surface area contributed by atoms with Crippen LogP contribution in [0.3, 0.4) is 0 Å². The number of nitrogens with one attached hydrogen (secondary N) is 2. The van der Waals surface area contributed by atoms with Gasteiger partial charge in [-0.25, -0.2) is 0 Å². The lowest BCUT2D eigenvalue weighted by atomic mass is 9.96. The second-order valence-corrected chi connectivity index (χ2v) is 6.95. The third kappa shape index (κ3) is 5.32. The van der Waals surface area contributed by atoms with Crippen LogP contribution in [-0.2, 0) is 5.41 Å². The van der Waals surface area contributed by atoms with Crippen LogP contribution in [0.1, 0.15) is 18.4 Å². The third-order valence-corrected chi connectivity index (χ3v) is 5.02. The van der Waals surface area contributed by atoms with Crippen LogP contribution < -0.4 is 10.6 Å². The first-order chi connectivity index (χ1) is 9.72. The lowest BCUT2D eigenvalue weighted by Gasteiger charge is -2.20. The molecule has 21 heavy (non-hydrogen) atoms. The summed E-state index contributed by atoms with van der Waals surface area (Å²) in [5.74, 6) is 1.99. The predicted octanol–water partition coefficient (Wildman–Crippen LogP) is 3.63. The summed E-state index contributed by atoms with van der Waals surface area (Å²) in [6, 6.07) is 8.54. The Labute approximate surface area is 157 Å². The monoisotopic (exact) mass is 483 g/mol. The summed E-state index contributed by atoms with van der Waals surface area (Å²) in [6.45, 7) is 1.89. The summed E-state index contributed by atoms with van der Waals surface area (Å²) in [6.07, 6.45) is 4.60. The SMILES string of the molecule is CN=C(NCCSC)NCC1(c2ccccc2Br)CC1.I. The fraction of sp³-hybridized carbons (Fsp3) is 0.533. The molecule has 3 nitrogen and oxygen atoms in total. The topological polar surface area (TPSA) is 36.4 Å². The summed E-state index contributed by atoms with van der Waals surface area (Å²) in [5, 5.41) is 6.81. The highest BCUT2D eigenvalue weighted by atomic mass is 127. The minimum Gasteiger partial charge on any atom is -0.356 e. The molecule has 0 amide bonds. The number of halogens is 2. The second-order valence-electron chi connectivity index (χ2n) is 5.11. The van der Waals surface area contributed by atoms with Crippen LogP contribution in [0.5, 0.6) is 0 Å². The average Bonchev–Trinajstić information content (AvgIpc) is 3.24. The van der Waals surface area contributed by atoms with Gasteiger partial charge in [-0.15, -0.1) is 24.0 Å². The van der Waals surface area contributed by atoms with Gasteiger partial charge in [-0.3, -0.25) is 4.99 Å². The van der Waals surface area contributed by atoms with Crippen LogP contribution in [0.15, 0.2) is 33.7 Å². The number of hydrogen-bond donors (Lipinski definition) is 2. The summed E-state index contributed by atoms with van der Waals surface area (Å²) >= 11 is 5.51. The van der Waals surface area contributed by atoms with E-state index in [1.54, 1.807) is 0 Å². The number of aliphatic imine (C=N–C) groups is 1. The maximum absolute atomic E-state index is 4.28. The number of thioether (sulfide) groups is 1. The van der Waals surface area contributed by atoms with Crippen molar-refractivity contribution >= 4 is 57.6 Å². The average molecular weight is 484 g/mol. The van der Waals surface area contributed by atoms with Gasteiger partial charge in [-0.1, -0.05) is 34.1 Å². The van der Waals surface area contributed by atoms with E-state index in [0.717, 1.165) is 24.8 Å². The van der Waals surface area contributed by atoms with Crippen LogP contribution in [0.4, 0.5) is 0 Å². The maximum Gasteiger partial charge on any atom is 0.191 e. The normalized spacial score (nSPS) is 16.0. The van der Waals surface area contributed by atoms with Crippen LogP contribution in [0.25, 0.3) is 0 Å². The maximum atomic E-state index is 4.28. The van der Waals surface area contributed by atoms with Crippen LogP contribution >= 0.6 is 51.7 Å². The number of rotatable bonds is 6. The van der Waals surface area contributed by atoms with Gasteiger partial charge in [0.1, 0.15) is 0 Å². The summed E-state index contributed by atoms with van der Waals surface area (Å²) in [5.41, 5.74) is 1.68. The van der Waals surface area contributed by atoms with E-state index in [1.165, 1.54) is 22.9 Å². The van der Waals surface area contributed by atoms with Crippen molar-refractivity contribution in [3.8, 4) is 0 Å². The van der Waals surface area contributed by atoms with Crippen LogP contribution in [-0.4, -0.2) is 38.1 Å². The molecule has 0 radical (unpaired) electrons. The molecule has 2 N–H and O–H groups in total. The predicted molar refractivity (Wildman–Crippen MR) is 108 cm³/mol. The fourth-order valence-corrected chi connectivity index (χ4v) is 3.34. The van der Waals surface area contributed by atoms with Crippen molar-refractivity contribution in [2.45, 2.75) is 18.3 Å². The summed E-state index contributed by atoms with van der Waals surface area (Å²) < 4.78 is 1.21. The van der Waals surface area contributed by atoms with Gasteiger partial charge in [-0.2, -0.15) is 11.8 Å². The van der Waals surface area contributed by atoms with Gasteiger partial charge in [0.25, 0.3) is 0 Å². The Morgan fingerprint density at radius 2 is 2.05 bits per heavy atom. The zero-order chi connectivity index (χ0) is 14.4. The van der Waals surface area contributed by atoms with E-state index >= 15 is 0 Å². The van der Waals surface area contributed by atoms with E-state index < -0.39 is 0 Å². The molecule has 1 aliphatic rings. The van der Waals surface area contributed by atoms with Crippen molar-refractivity contribution in [2.24, 2.45) is 4.99 Å². The van der Waals surface area contributed by atoms with E-state index in [0.29, 0.717) is 0 Å². The molecule has 0 unspecified atom stereocenters. The smallest absolute Gasteiger partial charge is 0.191 e. The third-order valence-electron chi connectivity index (χ3n) is 3.72. The van der Waals surface area contributed by atoms with Gasteiger partial charge in [0, 0.05) is 35.8 Å². The molecular weight excluding hydrogens is 461 g/mol. The van der Waals surface area contributed by atoms with Gasteiger partial charge in [0.05, 0.1) is 0 Å². The molecule has 0 bridgehead atoms. The Morgan fingerprint density at radius 1 is 1.33 bits per heavy atom. The molecule has 0 spiro atoms. The molecule has 0 saturated heterocycles. The lowest BCUT2D eigenvalue weighted by Crippen LogP contribution is -2.42. The molecule has 1 saturated carbocycles. The van der Waals surface area contributed by atoms with Crippen molar-refractivity contribution in [1.29, 1.82) is 0 Å². The highest BCUT2D eigenvalue weighted by Gasteiger charge is 2.45. The van der Waals surface area contributed by atoms with Gasteiger partial charge in [0.2, 0.25) is 0 Å². The first-order valence-corrected chi connectivity index (χ1v) is 9.09. The molecule has 0 aromatic heterocycles. The molecule has 118 valence electrons. The molecule has 0 atom stereocenters. The lowest BCUT2D eigenvalue weighted by molar-refractivity contribution is 0.645. The molecule has 1 aromatic carbocycles. The molecule has 1 fully saturated rings. The highest BCUT2D eigenvalue weighted by molar-refractivity contribution is 14.0. The Hall–Kier alpha value is 0.0500. The van der Waals surface area contributed by atoms with Crippen LogP contribution in [0.2, 0.25) is 0 Å². The Balaban J connectivity index is 0.00000220. The van der Waals surface area contributed by atoms with Crippen molar-refractivity contribution in [2.75, 3.05) is 32.1 Å². The van der Waals surface area contributed by atoms with Gasteiger partial charge < -0.3 is 10.6 Å². The van der Waals surface area contributed by atoms with Crippen molar-refractivity contribution in [1.82, 2.24) is 10.6 Å². The highest BCUT2D eigenvalue weighted by Crippen LogP contribution is 2.49. The van der Waals surface area contributed by atoms with Gasteiger partial charge >= 0.3 is 0 Å². The van der Waals surface area contributed by atoms with E-state index in [9.17, 15) is 0 Å². The number of guanidine groups is 1. The Kier molecular flexibility index (Phi) is 8.41. The van der Waals surface area contributed by atoms with E-state index in [4.69, 9.17) is 0 Å². The second kappa shape index (κ2) is 9.25. The first kappa shape index (κ1) is 19.1. The molecule has 6 heteroatoms. The molecule has 1 aliphatic carbocycles. The minimum atomic E-state index is 0. The van der Waals surface area contributed by atoms with E-state index in [2.05, 4.69) is 62.1 Å².